The predicted molar refractivity (Wildman–Crippen MR) is 63.3 cm³/mol. The van der Waals surface area contributed by atoms with E-state index in [0.717, 1.165) is 19.0 Å². The van der Waals surface area contributed by atoms with Gasteiger partial charge in [-0.2, -0.15) is 13.2 Å². The van der Waals surface area contributed by atoms with Crippen LogP contribution in [0.2, 0.25) is 0 Å². The number of rotatable bonds is 4. The van der Waals surface area contributed by atoms with E-state index < -0.39 is 17.6 Å². The van der Waals surface area contributed by atoms with E-state index in [1.54, 1.807) is 0 Å². The number of halogens is 4. The molecular formula is C14H15F4N. The van der Waals surface area contributed by atoms with Gasteiger partial charge in [-0.3, -0.25) is 0 Å². The molecule has 0 saturated heterocycles. The van der Waals surface area contributed by atoms with Crippen LogP contribution in [0.4, 0.5) is 17.6 Å². The normalized spacial score (nSPS) is 26.5. The van der Waals surface area contributed by atoms with Crippen LogP contribution in [-0.4, -0.2) is 12.6 Å². The highest BCUT2D eigenvalue weighted by atomic mass is 19.4. The van der Waals surface area contributed by atoms with Crippen molar-refractivity contribution in [1.29, 1.82) is 0 Å². The van der Waals surface area contributed by atoms with Crippen molar-refractivity contribution in [3.8, 4) is 0 Å². The lowest BCUT2D eigenvalue weighted by Gasteiger charge is -2.09. The molecular weight excluding hydrogens is 258 g/mol. The van der Waals surface area contributed by atoms with Gasteiger partial charge in [0, 0.05) is 6.04 Å². The van der Waals surface area contributed by atoms with Crippen LogP contribution in [0.3, 0.4) is 0 Å². The van der Waals surface area contributed by atoms with Gasteiger partial charge in [-0.25, -0.2) is 4.39 Å². The zero-order valence-electron chi connectivity index (χ0n) is 10.3. The van der Waals surface area contributed by atoms with E-state index in [4.69, 9.17) is 0 Å². The molecule has 0 spiro atoms. The smallest absolute Gasteiger partial charge is 0.314 e. The summed E-state index contributed by atoms with van der Waals surface area (Å²) in [5.41, 5.74) is -0.404. The molecule has 0 amide bonds. The van der Waals surface area contributed by atoms with Crippen molar-refractivity contribution in [1.82, 2.24) is 5.32 Å². The Bertz CT molecular complexity index is 479. The molecule has 0 heterocycles. The fourth-order valence-corrected chi connectivity index (χ4v) is 2.48. The quantitative estimate of drug-likeness (QED) is 0.825. The number of nitrogens with one attached hydrogen (secondary N) is 1. The average molecular weight is 273 g/mol. The van der Waals surface area contributed by atoms with Crippen LogP contribution in [0.5, 0.6) is 0 Å². The molecule has 0 bridgehead atoms. The second kappa shape index (κ2) is 4.47. The molecule has 1 aromatic carbocycles. The number of alkyl halides is 3. The Hall–Kier alpha value is -1.10. The fourth-order valence-electron chi connectivity index (χ4n) is 2.48. The van der Waals surface area contributed by atoms with Gasteiger partial charge in [-0.1, -0.05) is 0 Å². The van der Waals surface area contributed by atoms with Crippen molar-refractivity contribution in [3.05, 3.63) is 35.1 Å². The maximum Gasteiger partial charge on any atom is 0.416 e. The summed E-state index contributed by atoms with van der Waals surface area (Å²) in [6.07, 6.45) is -1.25. The molecule has 0 aromatic heterocycles. The molecule has 0 aliphatic heterocycles. The van der Waals surface area contributed by atoms with Crippen molar-refractivity contribution < 1.29 is 17.6 Å². The van der Waals surface area contributed by atoms with Gasteiger partial charge in [0.05, 0.1) is 5.56 Å². The summed E-state index contributed by atoms with van der Waals surface area (Å²) >= 11 is 0. The molecule has 1 aromatic rings. The van der Waals surface area contributed by atoms with Crippen LogP contribution in [0.25, 0.3) is 0 Å². The van der Waals surface area contributed by atoms with Crippen LogP contribution in [0, 0.1) is 11.7 Å². The minimum Gasteiger partial charge on any atom is -0.314 e. The van der Waals surface area contributed by atoms with Crippen molar-refractivity contribution in [2.24, 2.45) is 5.92 Å². The van der Waals surface area contributed by atoms with Crippen molar-refractivity contribution in [2.45, 2.75) is 37.4 Å². The summed E-state index contributed by atoms with van der Waals surface area (Å²) in [6.45, 7) is 0.827. The average Bonchev–Trinajstić information content (AvgIpc) is 3.19. The van der Waals surface area contributed by atoms with Crippen LogP contribution in [0.15, 0.2) is 18.2 Å². The lowest BCUT2D eigenvalue weighted by Crippen LogP contribution is -2.19. The van der Waals surface area contributed by atoms with E-state index in [0.29, 0.717) is 23.6 Å². The highest BCUT2D eigenvalue weighted by Gasteiger charge is 2.40. The molecule has 2 atom stereocenters. The van der Waals surface area contributed by atoms with Crippen LogP contribution < -0.4 is 5.32 Å². The fraction of sp³-hybridized carbons (Fsp3) is 0.571. The molecule has 2 aliphatic rings. The lowest BCUT2D eigenvalue weighted by atomic mass is 10.0. The van der Waals surface area contributed by atoms with Gasteiger partial charge >= 0.3 is 6.18 Å². The molecule has 0 radical (unpaired) electrons. The van der Waals surface area contributed by atoms with Gasteiger partial charge in [0.25, 0.3) is 0 Å². The number of benzene rings is 1. The molecule has 1 N–H and O–H groups in total. The predicted octanol–water partition coefficient (Wildman–Crippen LogP) is 3.70. The molecule has 5 heteroatoms. The second-order valence-corrected chi connectivity index (χ2v) is 5.56. The minimum absolute atomic E-state index is 0.0723. The van der Waals surface area contributed by atoms with Crippen LogP contribution >= 0.6 is 0 Å². The maximum absolute atomic E-state index is 13.3. The zero-order chi connectivity index (χ0) is 13.6. The monoisotopic (exact) mass is 273 g/mol. The summed E-state index contributed by atoms with van der Waals surface area (Å²) in [6, 6.07) is 3.48. The van der Waals surface area contributed by atoms with Crippen molar-refractivity contribution >= 4 is 0 Å². The molecule has 19 heavy (non-hydrogen) atoms. The summed E-state index contributed by atoms with van der Waals surface area (Å²) in [5.74, 6) is -0.378. The molecule has 2 aliphatic carbocycles. The molecule has 1 nitrogen and oxygen atoms in total. The number of hydrogen-bond acceptors (Lipinski definition) is 1. The summed E-state index contributed by atoms with van der Waals surface area (Å²) in [7, 11) is 0. The first-order valence-corrected chi connectivity index (χ1v) is 6.54. The van der Waals surface area contributed by atoms with E-state index in [2.05, 4.69) is 5.32 Å². The van der Waals surface area contributed by atoms with E-state index in [9.17, 15) is 17.6 Å². The van der Waals surface area contributed by atoms with Gasteiger partial charge in [0.2, 0.25) is 0 Å². The SMILES string of the molecule is Fc1cc(C2CC2CNC2CC2)cc(C(F)(F)F)c1. The first-order valence-electron chi connectivity index (χ1n) is 6.54. The van der Waals surface area contributed by atoms with E-state index in [1.165, 1.54) is 18.9 Å². The third-order valence-electron chi connectivity index (χ3n) is 3.84. The van der Waals surface area contributed by atoms with Crippen LogP contribution in [-0.2, 0) is 6.18 Å². The maximum atomic E-state index is 13.3. The van der Waals surface area contributed by atoms with Crippen LogP contribution in [0.1, 0.15) is 36.3 Å². The lowest BCUT2D eigenvalue weighted by molar-refractivity contribution is -0.137. The van der Waals surface area contributed by atoms with E-state index >= 15 is 0 Å². The Labute approximate surface area is 109 Å². The third-order valence-corrected chi connectivity index (χ3v) is 3.84. The Balaban J connectivity index is 1.69. The summed E-state index contributed by atoms with van der Waals surface area (Å²) in [4.78, 5) is 0. The summed E-state index contributed by atoms with van der Waals surface area (Å²) < 4.78 is 51.1. The third kappa shape index (κ3) is 3.08. The van der Waals surface area contributed by atoms with Gasteiger partial charge in [-0.05, 0) is 61.4 Å². The molecule has 2 unspecified atom stereocenters. The highest BCUT2D eigenvalue weighted by molar-refractivity contribution is 5.33. The van der Waals surface area contributed by atoms with E-state index in [1.807, 2.05) is 0 Å². The Kier molecular flexibility index (Phi) is 3.04. The minimum atomic E-state index is -4.48. The van der Waals surface area contributed by atoms with Gasteiger partial charge in [-0.15, -0.1) is 0 Å². The zero-order valence-corrected chi connectivity index (χ0v) is 10.3. The number of hydrogen-bond donors (Lipinski definition) is 1. The molecule has 3 rings (SSSR count). The standard InChI is InChI=1S/C14H15F4N/c15-11-4-8(3-10(6-11)14(16,17)18)13-5-9(13)7-19-12-1-2-12/h3-4,6,9,12-13,19H,1-2,5,7H2. The highest BCUT2D eigenvalue weighted by Crippen LogP contribution is 2.48. The Morgan fingerprint density at radius 2 is 1.89 bits per heavy atom. The molecule has 104 valence electrons. The molecule has 2 saturated carbocycles. The largest absolute Gasteiger partial charge is 0.416 e. The first kappa shape index (κ1) is 12.9. The Morgan fingerprint density at radius 1 is 1.16 bits per heavy atom. The summed E-state index contributed by atoms with van der Waals surface area (Å²) in [5, 5.41) is 3.36. The molecule has 2 fully saturated rings. The van der Waals surface area contributed by atoms with E-state index in [-0.39, 0.29) is 5.92 Å². The second-order valence-electron chi connectivity index (χ2n) is 5.56. The van der Waals surface area contributed by atoms with Crippen molar-refractivity contribution in [2.75, 3.05) is 6.54 Å². The topological polar surface area (TPSA) is 12.0 Å². The Morgan fingerprint density at radius 3 is 2.53 bits per heavy atom. The first-order chi connectivity index (χ1) is 8.93. The van der Waals surface area contributed by atoms with Gasteiger partial charge < -0.3 is 5.32 Å². The van der Waals surface area contributed by atoms with Crippen molar-refractivity contribution in [3.63, 3.8) is 0 Å². The van der Waals surface area contributed by atoms with Gasteiger partial charge in [0.1, 0.15) is 5.82 Å². The van der Waals surface area contributed by atoms with Gasteiger partial charge in [0.15, 0.2) is 0 Å².